The van der Waals surface area contributed by atoms with Crippen molar-refractivity contribution in [2.24, 2.45) is 0 Å². The van der Waals surface area contributed by atoms with Crippen LogP contribution in [0, 0.1) is 12.7 Å². The molecule has 6 heteroatoms. The topological polar surface area (TPSA) is 41.1 Å². The zero-order valence-corrected chi connectivity index (χ0v) is 14.5. The Hall–Kier alpha value is -1.17. The monoisotopic (exact) mass is 354 g/mol. The van der Waals surface area contributed by atoms with Gasteiger partial charge in [-0.05, 0) is 50.3 Å². The van der Waals surface area contributed by atoms with Gasteiger partial charge in [-0.25, -0.2) is 4.39 Å². The molecule has 2 bridgehead atoms. The number of carbonyl (C=O) groups is 1. The van der Waals surface area contributed by atoms with Crippen molar-refractivity contribution in [2.45, 2.75) is 50.7 Å². The summed E-state index contributed by atoms with van der Waals surface area (Å²) in [5, 5.41) is 7.33. The van der Waals surface area contributed by atoms with Crippen molar-refractivity contribution in [3.8, 4) is 0 Å². The molecule has 1 amide bonds. The molecule has 1 aromatic carbocycles. The van der Waals surface area contributed by atoms with Gasteiger partial charge in [0.2, 0.25) is 0 Å². The van der Waals surface area contributed by atoms with Gasteiger partial charge in [0.25, 0.3) is 5.91 Å². The molecule has 0 saturated carbocycles. The number of aryl methyl sites for hydroxylation is 1. The van der Waals surface area contributed by atoms with Crippen molar-refractivity contribution in [2.75, 3.05) is 0 Å². The van der Waals surface area contributed by atoms with Crippen LogP contribution in [0.4, 0.5) is 4.39 Å². The normalized spacial score (nSPS) is 26.1. The van der Waals surface area contributed by atoms with Gasteiger partial charge in [0.1, 0.15) is 5.82 Å². The number of halogens is 2. The molecule has 2 fully saturated rings. The second-order valence-corrected chi connectivity index (χ2v) is 7.50. The lowest BCUT2D eigenvalue weighted by atomic mass is 9.99. The van der Waals surface area contributed by atoms with Crippen LogP contribution in [0.5, 0.6) is 0 Å². The Morgan fingerprint density at radius 2 is 2.00 bits per heavy atom. The summed E-state index contributed by atoms with van der Waals surface area (Å²) in [5.74, 6) is -0.297. The van der Waals surface area contributed by atoms with Crippen molar-refractivity contribution >= 4 is 39.7 Å². The quantitative estimate of drug-likeness (QED) is 0.861. The standard InChI is InChI=1S/C17H19FN2OS.ClH/c1-9-15-13(18)3-2-4-14(15)22-16(9)17(21)20-12-7-10-5-6-11(8-12)19-10;/h2-4,10-12,19H,5-8H2,1H3,(H,20,21);1H. The first-order chi connectivity index (χ1) is 10.6. The summed E-state index contributed by atoms with van der Waals surface area (Å²) >= 11 is 1.38. The summed E-state index contributed by atoms with van der Waals surface area (Å²) < 4.78 is 14.8. The number of hydrogen-bond donors (Lipinski definition) is 2. The predicted molar refractivity (Wildman–Crippen MR) is 94.2 cm³/mol. The van der Waals surface area contributed by atoms with Crippen LogP contribution < -0.4 is 10.6 Å². The van der Waals surface area contributed by atoms with Crippen molar-refractivity contribution in [1.82, 2.24) is 10.6 Å². The molecule has 0 aliphatic carbocycles. The number of piperidine rings is 1. The number of amides is 1. The van der Waals surface area contributed by atoms with Crippen molar-refractivity contribution in [3.05, 3.63) is 34.5 Å². The number of thiophene rings is 1. The Balaban J connectivity index is 0.00000156. The maximum Gasteiger partial charge on any atom is 0.261 e. The molecular formula is C17H20ClFN2OS. The fourth-order valence-electron chi connectivity index (χ4n) is 3.90. The summed E-state index contributed by atoms with van der Waals surface area (Å²) in [6, 6.07) is 6.35. The van der Waals surface area contributed by atoms with E-state index in [1.54, 1.807) is 6.07 Å². The summed E-state index contributed by atoms with van der Waals surface area (Å²) in [6.07, 6.45) is 4.43. The van der Waals surface area contributed by atoms with E-state index in [0.29, 0.717) is 22.3 Å². The molecule has 0 spiro atoms. The number of fused-ring (bicyclic) bond motifs is 3. The van der Waals surface area contributed by atoms with Crippen molar-refractivity contribution in [1.29, 1.82) is 0 Å². The van der Waals surface area contributed by atoms with Gasteiger partial charge in [-0.15, -0.1) is 23.7 Å². The lowest BCUT2D eigenvalue weighted by molar-refractivity contribution is 0.0927. The van der Waals surface area contributed by atoms with Gasteiger partial charge >= 0.3 is 0 Å². The van der Waals surface area contributed by atoms with Gasteiger partial charge in [-0.1, -0.05) is 6.07 Å². The minimum atomic E-state index is -0.245. The molecule has 2 saturated heterocycles. The second-order valence-electron chi connectivity index (χ2n) is 6.45. The molecule has 4 rings (SSSR count). The number of hydrogen-bond acceptors (Lipinski definition) is 3. The zero-order valence-electron chi connectivity index (χ0n) is 12.9. The van der Waals surface area contributed by atoms with Crippen LogP contribution in [0.1, 0.15) is 40.9 Å². The highest BCUT2D eigenvalue weighted by atomic mass is 35.5. The van der Waals surface area contributed by atoms with Crippen LogP contribution in [-0.4, -0.2) is 24.0 Å². The van der Waals surface area contributed by atoms with Crippen LogP contribution in [0.3, 0.4) is 0 Å². The lowest BCUT2D eigenvalue weighted by Crippen LogP contribution is -2.48. The first-order valence-corrected chi connectivity index (χ1v) is 8.68. The first kappa shape index (κ1) is 16.7. The molecule has 3 heterocycles. The van der Waals surface area contributed by atoms with Crippen LogP contribution in [-0.2, 0) is 0 Å². The minimum absolute atomic E-state index is 0. The highest BCUT2D eigenvalue weighted by molar-refractivity contribution is 7.21. The first-order valence-electron chi connectivity index (χ1n) is 7.86. The van der Waals surface area contributed by atoms with E-state index in [9.17, 15) is 9.18 Å². The van der Waals surface area contributed by atoms with Gasteiger partial charge in [0.15, 0.2) is 0 Å². The average molecular weight is 355 g/mol. The van der Waals surface area contributed by atoms with Gasteiger partial charge in [0.05, 0.1) is 4.88 Å². The number of benzene rings is 1. The molecule has 2 aliphatic rings. The fourth-order valence-corrected chi connectivity index (χ4v) is 5.02. The number of nitrogens with one attached hydrogen (secondary N) is 2. The summed E-state index contributed by atoms with van der Waals surface area (Å²) in [4.78, 5) is 13.2. The third-order valence-corrected chi connectivity index (χ3v) is 6.17. The van der Waals surface area contributed by atoms with Crippen molar-refractivity contribution < 1.29 is 9.18 Å². The summed E-state index contributed by atoms with van der Waals surface area (Å²) in [5.41, 5.74) is 0.757. The molecule has 2 N–H and O–H groups in total. The van der Waals surface area contributed by atoms with Crippen LogP contribution in [0.25, 0.3) is 10.1 Å². The Kier molecular flexibility index (Phi) is 4.63. The molecule has 3 nitrogen and oxygen atoms in total. The van der Waals surface area contributed by atoms with Crippen LogP contribution in [0.2, 0.25) is 0 Å². The van der Waals surface area contributed by atoms with Gasteiger partial charge in [-0.3, -0.25) is 4.79 Å². The number of carbonyl (C=O) groups excluding carboxylic acids is 1. The van der Waals surface area contributed by atoms with E-state index in [4.69, 9.17) is 0 Å². The Morgan fingerprint density at radius 3 is 2.65 bits per heavy atom. The Labute approximate surface area is 145 Å². The molecule has 2 aromatic rings. The SMILES string of the molecule is Cc1c(C(=O)NC2CC3CCC(C2)N3)sc2cccc(F)c12.Cl. The fraction of sp³-hybridized carbons (Fsp3) is 0.471. The molecular weight excluding hydrogens is 335 g/mol. The van der Waals surface area contributed by atoms with E-state index >= 15 is 0 Å². The average Bonchev–Trinajstić information content (AvgIpc) is 3.00. The second kappa shape index (κ2) is 6.38. The number of rotatable bonds is 2. The van der Waals surface area contributed by atoms with Gasteiger partial charge in [-0.2, -0.15) is 0 Å². The minimum Gasteiger partial charge on any atom is -0.348 e. The Morgan fingerprint density at radius 1 is 1.30 bits per heavy atom. The summed E-state index contributed by atoms with van der Waals surface area (Å²) in [6.45, 7) is 1.84. The third-order valence-electron chi connectivity index (χ3n) is 4.92. The molecule has 2 aliphatic heterocycles. The molecule has 2 unspecified atom stereocenters. The summed E-state index contributed by atoms with van der Waals surface area (Å²) in [7, 11) is 0. The maximum atomic E-state index is 14.0. The molecule has 23 heavy (non-hydrogen) atoms. The maximum absolute atomic E-state index is 14.0. The molecule has 1 aromatic heterocycles. The van der Waals surface area contributed by atoms with Crippen LogP contribution in [0.15, 0.2) is 18.2 Å². The predicted octanol–water partition coefficient (Wildman–Crippen LogP) is 3.78. The van der Waals surface area contributed by atoms with Crippen molar-refractivity contribution in [3.63, 3.8) is 0 Å². The van der Waals surface area contributed by atoms with E-state index in [1.165, 1.54) is 30.2 Å². The smallest absolute Gasteiger partial charge is 0.261 e. The molecule has 124 valence electrons. The van der Waals surface area contributed by atoms with E-state index < -0.39 is 0 Å². The largest absolute Gasteiger partial charge is 0.348 e. The van der Waals surface area contributed by atoms with Gasteiger partial charge < -0.3 is 10.6 Å². The highest BCUT2D eigenvalue weighted by Crippen LogP contribution is 2.33. The zero-order chi connectivity index (χ0) is 15.3. The van der Waals surface area contributed by atoms with E-state index in [-0.39, 0.29) is 30.2 Å². The van der Waals surface area contributed by atoms with E-state index in [2.05, 4.69) is 10.6 Å². The highest BCUT2D eigenvalue weighted by Gasteiger charge is 2.34. The van der Waals surface area contributed by atoms with Gasteiger partial charge in [0, 0.05) is 28.2 Å². The van der Waals surface area contributed by atoms with Crippen LogP contribution >= 0.6 is 23.7 Å². The van der Waals surface area contributed by atoms with E-state index in [0.717, 1.165) is 23.1 Å². The third kappa shape index (κ3) is 2.97. The molecule has 2 atom stereocenters. The van der Waals surface area contributed by atoms with E-state index in [1.807, 2.05) is 13.0 Å². The Bertz CT molecular complexity index is 736. The lowest BCUT2D eigenvalue weighted by Gasteiger charge is -2.29. The molecule has 0 radical (unpaired) electrons.